The standard InChI is InChI=1S/C15H21ClN2O4S/c1-3-17(4-2)15(19)12-5-6-13(16)14(11-12)23(20,21)18-7-9-22-10-8-18/h5-6,11H,3-4,7-10H2,1-2H3. The monoisotopic (exact) mass is 360 g/mol. The maximum Gasteiger partial charge on any atom is 0.253 e. The minimum Gasteiger partial charge on any atom is -0.379 e. The Hall–Kier alpha value is -1.15. The fraction of sp³-hybridized carbons (Fsp3) is 0.533. The van der Waals surface area contributed by atoms with Crippen LogP contribution in [-0.2, 0) is 14.8 Å². The fourth-order valence-corrected chi connectivity index (χ4v) is 4.36. The summed E-state index contributed by atoms with van der Waals surface area (Å²) < 4.78 is 32.0. The van der Waals surface area contributed by atoms with Crippen molar-refractivity contribution in [3.63, 3.8) is 0 Å². The molecule has 1 aromatic rings. The number of amides is 1. The number of halogens is 1. The molecule has 128 valence electrons. The molecule has 1 aliphatic heterocycles. The molecule has 1 aliphatic rings. The van der Waals surface area contributed by atoms with Crippen LogP contribution in [0.25, 0.3) is 0 Å². The van der Waals surface area contributed by atoms with Gasteiger partial charge < -0.3 is 9.64 Å². The van der Waals surface area contributed by atoms with Gasteiger partial charge in [0, 0.05) is 31.7 Å². The fourth-order valence-electron chi connectivity index (χ4n) is 2.45. The topological polar surface area (TPSA) is 66.9 Å². The second-order valence-corrected chi connectivity index (χ2v) is 7.45. The van der Waals surface area contributed by atoms with Crippen molar-refractivity contribution in [2.45, 2.75) is 18.7 Å². The van der Waals surface area contributed by atoms with E-state index in [-0.39, 0.29) is 28.9 Å². The third kappa shape index (κ3) is 3.85. The van der Waals surface area contributed by atoms with Gasteiger partial charge in [0.25, 0.3) is 5.91 Å². The van der Waals surface area contributed by atoms with Gasteiger partial charge in [-0.3, -0.25) is 4.79 Å². The van der Waals surface area contributed by atoms with Crippen LogP contribution in [0.4, 0.5) is 0 Å². The van der Waals surface area contributed by atoms with Crippen LogP contribution >= 0.6 is 11.6 Å². The van der Waals surface area contributed by atoms with Crippen LogP contribution in [0.1, 0.15) is 24.2 Å². The second-order valence-electron chi connectivity index (χ2n) is 5.14. The smallest absolute Gasteiger partial charge is 0.253 e. The molecule has 2 rings (SSSR count). The highest BCUT2D eigenvalue weighted by Crippen LogP contribution is 2.27. The first-order chi connectivity index (χ1) is 10.9. The number of benzene rings is 1. The summed E-state index contributed by atoms with van der Waals surface area (Å²) in [5.41, 5.74) is 0.324. The van der Waals surface area contributed by atoms with E-state index in [0.29, 0.717) is 31.9 Å². The van der Waals surface area contributed by atoms with Gasteiger partial charge in [-0.2, -0.15) is 4.31 Å². The molecule has 8 heteroatoms. The van der Waals surface area contributed by atoms with E-state index in [4.69, 9.17) is 16.3 Å². The lowest BCUT2D eigenvalue weighted by molar-refractivity contribution is 0.0730. The van der Waals surface area contributed by atoms with Gasteiger partial charge in [0.1, 0.15) is 4.90 Å². The molecule has 0 N–H and O–H groups in total. The van der Waals surface area contributed by atoms with Crippen LogP contribution in [0.15, 0.2) is 23.1 Å². The van der Waals surface area contributed by atoms with Crippen molar-refractivity contribution in [1.82, 2.24) is 9.21 Å². The summed E-state index contributed by atoms with van der Waals surface area (Å²) in [6, 6.07) is 4.39. The van der Waals surface area contributed by atoms with Gasteiger partial charge >= 0.3 is 0 Å². The van der Waals surface area contributed by atoms with Crippen LogP contribution in [0.2, 0.25) is 5.02 Å². The number of sulfonamides is 1. The highest BCUT2D eigenvalue weighted by molar-refractivity contribution is 7.89. The van der Waals surface area contributed by atoms with Crippen LogP contribution in [0, 0.1) is 0 Å². The number of hydrogen-bond donors (Lipinski definition) is 0. The highest BCUT2D eigenvalue weighted by Gasteiger charge is 2.29. The molecule has 0 spiro atoms. The Morgan fingerprint density at radius 3 is 2.43 bits per heavy atom. The van der Waals surface area contributed by atoms with Gasteiger partial charge in [-0.1, -0.05) is 11.6 Å². The third-order valence-electron chi connectivity index (χ3n) is 3.82. The minimum absolute atomic E-state index is 0.0286. The molecule has 23 heavy (non-hydrogen) atoms. The van der Waals surface area contributed by atoms with Crippen molar-refractivity contribution in [3.05, 3.63) is 28.8 Å². The van der Waals surface area contributed by atoms with Crippen molar-refractivity contribution in [1.29, 1.82) is 0 Å². The molecule has 0 aromatic heterocycles. The van der Waals surface area contributed by atoms with E-state index in [1.807, 2.05) is 13.8 Å². The number of hydrogen-bond acceptors (Lipinski definition) is 4. The molecule has 0 bridgehead atoms. The minimum atomic E-state index is -3.74. The zero-order valence-electron chi connectivity index (χ0n) is 13.3. The number of nitrogens with zero attached hydrogens (tertiary/aromatic N) is 2. The molecular weight excluding hydrogens is 340 g/mol. The van der Waals surface area contributed by atoms with Gasteiger partial charge in [0.05, 0.1) is 18.2 Å². The molecule has 1 amide bonds. The van der Waals surface area contributed by atoms with Crippen molar-refractivity contribution in [2.24, 2.45) is 0 Å². The van der Waals surface area contributed by atoms with Crippen molar-refractivity contribution < 1.29 is 17.9 Å². The van der Waals surface area contributed by atoms with Gasteiger partial charge in [0.2, 0.25) is 10.0 Å². The molecule has 0 atom stereocenters. The number of carbonyl (C=O) groups is 1. The Labute approximate surface area is 142 Å². The first kappa shape index (κ1) is 18.2. The first-order valence-electron chi connectivity index (χ1n) is 7.58. The second kappa shape index (κ2) is 7.61. The average Bonchev–Trinajstić information content (AvgIpc) is 2.57. The van der Waals surface area contributed by atoms with Gasteiger partial charge in [-0.25, -0.2) is 8.42 Å². The average molecular weight is 361 g/mol. The van der Waals surface area contributed by atoms with Crippen molar-refractivity contribution in [2.75, 3.05) is 39.4 Å². The third-order valence-corrected chi connectivity index (χ3v) is 6.20. The molecular formula is C15H21ClN2O4S. The lowest BCUT2D eigenvalue weighted by Gasteiger charge is -2.26. The summed E-state index contributed by atoms with van der Waals surface area (Å²) >= 11 is 6.09. The number of rotatable bonds is 5. The molecule has 1 saturated heterocycles. The van der Waals surface area contributed by atoms with Crippen LogP contribution < -0.4 is 0 Å². The van der Waals surface area contributed by atoms with Crippen molar-refractivity contribution >= 4 is 27.5 Å². The molecule has 0 saturated carbocycles. The number of carbonyl (C=O) groups excluding carboxylic acids is 1. The summed E-state index contributed by atoms with van der Waals surface area (Å²) in [4.78, 5) is 14.0. The quantitative estimate of drug-likeness (QED) is 0.803. The summed E-state index contributed by atoms with van der Waals surface area (Å²) in [7, 11) is -3.74. The summed E-state index contributed by atoms with van der Waals surface area (Å²) in [6.45, 7) is 6.15. The summed E-state index contributed by atoms with van der Waals surface area (Å²) in [5, 5.41) is 0.118. The van der Waals surface area contributed by atoms with Crippen LogP contribution in [0.5, 0.6) is 0 Å². The SMILES string of the molecule is CCN(CC)C(=O)c1ccc(Cl)c(S(=O)(=O)N2CCOCC2)c1. The van der Waals surface area contributed by atoms with E-state index in [1.54, 1.807) is 11.0 Å². The molecule has 0 unspecified atom stereocenters. The maximum atomic E-state index is 12.8. The van der Waals surface area contributed by atoms with E-state index in [0.717, 1.165) is 0 Å². The van der Waals surface area contributed by atoms with E-state index >= 15 is 0 Å². The van der Waals surface area contributed by atoms with E-state index in [1.165, 1.54) is 16.4 Å². The number of morpholine rings is 1. The van der Waals surface area contributed by atoms with Crippen molar-refractivity contribution in [3.8, 4) is 0 Å². The van der Waals surface area contributed by atoms with E-state index in [2.05, 4.69) is 0 Å². The van der Waals surface area contributed by atoms with Crippen LogP contribution in [-0.4, -0.2) is 62.9 Å². The molecule has 1 heterocycles. The number of ether oxygens (including phenoxy) is 1. The Balaban J connectivity index is 2.39. The molecule has 1 aromatic carbocycles. The van der Waals surface area contributed by atoms with Gasteiger partial charge in [-0.05, 0) is 32.0 Å². The predicted octanol–water partition coefficient (Wildman–Crippen LogP) is 1.84. The van der Waals surface area contributed by atoms with E-state index in [9.17, 15) is 13.2 Å². The first-order valence-corrected chi connectivity index (χ1v) is 9.40. The largest absolute Gasteiger partial charge is 0.379 e. The lowest BCUT2D eigenvalue weighted by Crippen LogP contribution is -2.40. The molecule has 6 nitrogen and oxygen atoms in total. The van der Waals surface area contributed by atoms with Gasteiger partial charge in [0.15, 0.2) is 0 Å². The summed E-state index contributed by atoms with van der Waals surface area (Å²) in [6.07, 6.45) is 0. The van der Waals surface area contributed by atoms with Crippen LogP contribution in [0.3, 0.4) is 0 Å². The predicted molar refractivity (Wildman–Crippen MR) is 88.3 cm³/mol. The molecule has 1 fully saturated rings. The molecule has 0 radical (unpaired) electrons. The molecule has 0 aliphatic carbocycles. The lowest BCUT2D eigenvalue weighted by atomic mass is 10.2. The van der Waals surface area contributed by atoms with Gasteiger partial charge in [-0.15, -0.1) is 0 Å². The Morgan fingerprint density at radius 1 is 1.26 bits per heavy atom. The van der Waals surface area contributed by atoms with E-state index < -0.39 is 10.0 Å². The zero-order valence-corrected chi connectivity index (χ0v) is 14.9. The normalized spacial score (nSPS) is 16.3. The Bertz CT molecular complexity index is 668. The Kier molecular flexibility index (Phi) is 6.02. The maximum absolute atomic E-state index is 12.8. The summed E-state index contributed by atoms with van der Waals surface area (Å²) in [5.74, 6) is -0.204. The Morgan fingerprint density at radius 2 is 1.87 bits per heavy atom. The highest BCUT2D eigenvalue weighted by atomic mass is 35.5. The zero-order chi connectivity index (χ0) is 17.0.